The molecule has 3 aromatic carbocycles. The summed E-state index contributed by atoms with van der Waals surface area (Å²) in [5.41, 5.74) is 3.39. The van der Waals surface area contributed by atoms with E-state index in [1.54, 1.807) is 19.2 Å². The van der Waals surface area contributed by atoms with E-state index in [-0.39, 0.29) is 17.1 Å². The number of thioether (sulfide) groups is 1. The van der Waals surface area contributed by atoms with Gasteiger partial charge in [0, 0.05) is 18.2 Å². The van der Waals surface area contributed by atoms with Gasteiger partial charge < -0.3 is 0 Å². The minimum absolute atomic E-state index is 0.00301. The van der Waals surface area contributed by atoms with Crippen molar-refractivity contribution in [1.29, 1.82) is 0 Å². The van der Waals surface area contributed by atoms with Gasteiger partial charge in [-0.1, -0.05) is 103 Å². The molecule has 4 aromatic rings. The molecule has 0 amide bonds. The van der Waals surface area contributed by atoms with Gasteiger partial charge in [0.1, 0.15) is 0 Å². The molecule has 0 bridgehead atoms. The lowest BCUT2D eigenvalue weighted by Crippen LogP contribution is -2.23. The summed E-state index contributed by atoms with van der Waals surface area (Å²) in [5.74, 6) is 0.215. The van der Waals surface area contributed by atoms with E-state index < -0.39 is 0 Å². The Morgan fingerprint density at radius 3 is 1.97 bits per heavy atom. The summed E-state index contributed by atoms with van der Waals surface area (Å²) in [7, 11) is 1.70. The number of hydrogen-bond donors (Lipinski definition) is 0. The Labute approximate surface area is 179 Å². The van der Waals surface area contributed by atoms with Crippen LogP contribution < -0.4 is 5.56 Å². The fourth-order valence-electron chi connectivity index (χ4n) is 3.22. The highest BCUT2D eigenvalue weighted by molar-refractivity contribution is 7.99. The zero-order valence-electron chi connectivity index (χ0n) is 16.5. The van der Waals surface area contributed by atoms with Crippen LogP contribution in [0.3, 0.4) is 0 Å². The van der Waals surface area contributed by atoms with Crippen molar-refractivity contribution in [2.24, 2.45) is 7.05 Å². The number of ketones is 1. The first-order valence-electron chi connectivity index (χ1n) is 9.58. The molecule has 30 heavy (non-hydrogen) atoms. The van der Waals surface area contributed by atoms with Crippen LogP contribution in [-0.2, 0) is 7.05 Å². The smallest absolute Gasteiger partial charge is 0.262 e. The van der Waals surface area contributed by atoms with Crippen molar-refractivity contribution in [3.05, 3.63) is 107 Å². The van der Waals surface area contributed by atoms with Crippen LogP contribution >= 0.6 is 11.8 Å². The number of benzene rings is 3. The van der Waals surface area contributed by atoms with Gasteiger partial charge in [0.2, 0.25) is 0 Å². The third-order valence-electron chi connectivity index (χ3n) is 4.79. The number of carbonyl (C=O) groups is 1. The van der Waals surface area contributed by atoms with Gasteiger partial charge >= 0.3 is 0 Å². The molecule has 0 saturated carbocycles. The van der Waals surface area contributed by atoms with Crippen LogP contribution in [0, 0.1) is 0 Å². The molecule has 0 aliphatic heterocycles. The van der Waals surface area contributed by atoms with Crippen LogP contribution in [0.4, 0.5) is 0 Å². The fraction of sp³-hybridized carbons (Fsp3) is 0.0800. The van der Waals surface area contributed by atoms with E-state index in [2.05, 4.69) is 0 Å². The molecule has 0 atom stereocenters. The average molecular weight is 413 g/mol. The molecule has 1 heterocycles. The molecule has 4 rings (SSSR count). The van der Waals surface area contributed by atoms with Gasteiger partial charge in [-0.15, -0.1) is 0 Å². The number of hydrogen-bond acceptors (Lipinski definition) is 4. The van der Waals surface area contributed by atoms with E-state index in [0.29, 0.717) is 22.0 Å². The van der Waals surface area contributed by atoms with Crippen LogP contribution in [0.5, 0.6) is 0 Å². The minimum atomic E-state index is -0.135. The van der Waals surface area contributed by atoms with Crippen molar-refractivity contribution in [3.8, 4) is 22.4 Å². The number of carbonyl (C=O) groups excluding carboxylic acids is 1. The largest absolute Gasteiger partial charge is 0.293 e. The number of nitrogens with zero attached hydrogens (tertiary/aromatic N) is 2. The zero-order valence-corrected chi connectivity index (χ0v) is 17.3. The normalized spacial score (nSPS) is 10.7. The lowest BCUT2D eigenvalue weighted by Gasteiger charge is -2.14. The Balaban J connectivity index is 1.77. The maximum absolute atomic E-state index is 13.3. The van der Waals surface area contributed by atoms with Gasteiger partial charge in [-0.3, -0.25) is 14.2 Å². The monoisotopic (exact) mass is 412 g/mol. The van der Waals surface area contributed by atoms with Crippen LogP contribution in [0.25, 0.3) is 22.4 Å². The Bertz CT molecular complexity index is 1220. The van der Waals surface area contributed by atoms with Gasteiger partial charge in [0.15, 0.2) is 10.9 Å². The summed E-state index contributed by atoms with van der Waals surface area (Å²) >= 11 is 1.28. The number of Topliss-reactive ketones (excluding diaryl/α,β-unsaturated/α-hetero) is 1. The molecule has 0 radical (unpaired) electrons. The molecule has 0 aliphatic rings. The lowest BCUT2D eigenvalue weighted by molar-refractivity contribution is 0.102. The first-order valence-corrected chi connectivity index (χ1v) is 10.6. The Kier molecular flexibility index (Phi) is 5.91. The van der Waals surface area contributed by atoms with Crippen molar-refractivity contribution in [2.75, 3.05) is 5.75 Å². The summed E-state index contributed by atoms with van der Waals surface area (Å²) in [6.07, 6.45) is 0. The van der Waals surface area contributed by atoms with E-state index in [4.69, 9.17) is 4.98 Å². The second-order valence-electron chi connectivity index (χ2n) is 6.79. The molecular formula is C25H20N2O2S. The predicted molar refractivity (Wildman–Crippen MR) is 122 cm³/mol. The van der Waals surface area contributed by atoms with Crippen LogP contribution in [0.1, 0.15) is 10.4 Å². The highest BCUT2D eigenvalue weighted by Gasteiger charge is 2.19. The SMILES string of the molecule is Cn1c(SCC(=O)c2ccccc2)nc(-c2ccccc2)c(-c2ccccc2)c1=O. The van der Waals surface area contributed by atoms with E-state index in [1.165, 1.54) is 16.3 Å². The fourth-order valence-corrected chi connectivity index (χ4v) is 4.08. The van der Waals surface area contributed by atoms with Crippen LogP contribution in [-0.4, -0.2) is 21.1 Å². The topological polar surface area (TPSA) is 52.0 Å². The van der Waals surface area contributed by atoms with Crippen molar-refractivity contribution >= 4 is 17.5 Å². The Morgan fingerprint density at radius 1 is 0.833 bits per heavy atom. The molecule has 1 aromatic heterocycles. The second-order valence-corrected chi connectivity index (χ2v) is 7.73. The minimum Gasteiger partial charge on any atom is -0.293 e. The van der Waals surface area contributed by atoms with Gasteiger partial charge in [-0.05, 0) is 5.56 Å². The van der Waals surface area contributed by atoms with Crippen molar-refractivity contribution in [3.63, 3.8) is 0 Å². The van der Waals surface area contributed by atoms with E-state index >= 15 is 0 Å². The van der Waals surface area contributed by atoms with E-state index in [1.807, 2.05) is 78.9 Å². The van der Waals surface area contributed by atoms with E-state index in [0.717, 1.165) is 11.1 Å². The van der Waals surface area contributed by atoms with E-state index in [9.17, 15) is 9.59 Å². The number of aromatic nitrogens is 2. The van der Waals surface area contributed by atoms with Crippen LogP contribution in [0.2, 0.25) is 0 Å². The van der Waals surface area contributed by atoms with Crippen LogP contribution in [0.15, 0.2) is 101 Å². The molecule has 0 N–H and O–H groups in total. The second kappa shape index (κ2) is 8.93. The first kappa shape index (κ1) is 19.9. The summed E-state index contributed by atoms with van der Waals surface area (Å²) < 4.78 is 1.53. The molecule has 4 nitrogen and oxygen atoms in total. The zero-order chi connectivity index (χ0) is 20.9. The third-order valence-corrected chi connectivity index (χ3v) is 5.82. The van der Waals surface area contributed by atoms with Gasteiger partial charge in [-0.25, -0.2) is 4.98 Å². The third kappa shape index (κ3) is 4.11. The number of rotatable bonds is 6. The molecule has 148 valence electrons. The maximum atomic E-state index is 13.3. The Hall–Kier alpha value is -3.44. The highest BCUT2D eigenvalue weighted by atomic mass is 32.2. The molecule has 0 fully saturated rings. The summed E-state index contributed by atoms with van der Waals surface area (Å²) in [5, 5.41) is 0.516. The molecule has 5 heteroatoms. The molecule has 0 unspecified atom stereocenters. The quantitative estimate of drug-likeness (QED) is 0.251. The van der Waals surface area contributed by atoms with Gasteiger partial charge in [0.25, 0.3) is 5.56 Å². The molecule has 0 spiro atoms. The summed E-state index contributed by atoms with van der Waals surface area (Å²) in [6, 6.07) is 28.4. The first-order chi connectivity index (χ1) is 14.6. The maximum Gasteiger partial charge on any atom is 0.262 e. The summed E-state index contributed by atoms with van der Waals surface area (Å²) in [4.78, 5) is 30.7. The molecular weight excluding hydrogens is 392 g/mol. The van der Waals surface area contributed by atoms with Crippen molar-refractivity contribution in [1.82, 2.24) is 9.55 Å². The lowest BCUT2D eigenvalue weighted by atomic mass is 10.0. The molecule has 0 saturated heterocycles. The Morgan fingerprint density at radius 2 is 1.37 bits per heavy atom. The molecule has 0 aliphatic carbocycles. The summed E-state index contributed by atoms with van der Waals surface area (Å²) in [6.45, 7) is 0. The highest BCUT2D eigenvalue weighted by Crippen LogP contribution is 2.30. The predicted octanol–water partition coefficient (Wildman–Crippen LogP) is 5.09. The van der Waals surface area contributed by atoms with Gasteiger partial charge in [-0.2, -0.15) is 0 Å². The van der Waals surface area contributed by atoms with Gasteiger partial charge in [0.05, 0.1) is 17.0 Å². The standard InChI is InChI=1S/C25H20N2O2S/c1-27-24(29)22(19-13-7-3-8-14-19)23(20-15-9-4-10-16-20)26-25(27)30-17-21(28)18-11-5-2-6-12-18/h2-16H,17H2,1H3. The van der Waals surface area contributed by atoms with Crippen molar-refractivity contribution < 1.29 is 4.79 Å². The average Bonchev–Trinajstić information content (AvgIpc) is 2.81. The van der Waals surface area contributed by atoms with Crippen molar-refractivity contribution in [2.45, 2.75) is 5.16 Å².